The number of phenolic OH excluding ortho intramolecular Hbond substituents is 1. The van der Waals surface area contributed by atoms with Gasteiger partial charge in [-0.05, 0) is 54.7 Å². The van der Waals surface area contributed by atoms with Crippen LogP contribution in [-0.2, 0) is 0 Å². The summed E-state index contributed by atoms with van der Waals surface area (Å²) >= 11 is 3.20. The molecule has 1 aliphatic carbocycles. The Balaban J connectivity index is 1.96. The fourth-order valence-electron chi connectivity index (χ4n) is 4.48. The van der Waals surface area contributed by atoms with Crippen LogP contribution in [0.1, 0.15) is 42.9 Å². The highest BCUT2D eigenvalue weighted by Crippen LogP contribution is 2.55. The van der Waals surface area contributed by atoms with Gasteiger partial charge in [0.2, 0.25) is 5.56 Å². The molecule has 3 aromatic rings. The Kier molecular flexibility index (Phi) is 5.49. The molecule has 0 unspecified atom stereocenters. The number of phenols is 1. The van der Waals surface area contributed by atoms with Crippen molar-refractivity contribution >= 4 is 32.5 Å². The summed E-state index contributed by atoms with van der Waals surface area (Å²) in [7, 11) is 0. The normalized spacial score (nSPS) is 23.2. The molecule has 0 saturated carbocycles. The number of rotatable bonds is 3. The van der Waals surface area contributed by atoms with Crippen LogP contribution in [0.4, 0.5) is 23.2 Å². The number of anilines is 1. The second-order valence-electron chi connectivity index (χ2n) is 7.94. The van der Waals surface area contributed by atoms with Crippen LogP contribution in [0.5, 0.6) is 5.75 Å². The SMILES string of the molecule is CC[C@@H]1C[C@@](O)(C(F)(F)F)[C@@H](Nc2ccc(F)c3[nH]c(=O)ccc23)c2cc(Br)cc(O)c21. The number of aromatic amines is 1. The molecule has 170 valence electrons. The first-order valence-electron chi connectivity index (χ1n) is 9.85. The molecule has 1 heterocycles. The van der Waals surface area contributed by atoms with E-state index in [0.717, 1.165) is 12.1 Å². The molecule has 5 nitrogen and oxygen atoms in total. The highest BCUT2D eigenvalue weighted by molar-refractivity contribution is 9.10. The lowest BCUT2D eigenvalue weighted by Crippen LogP contribution is -2.55. The van der Waals surface area contributed by atoms with E-state index in [1.807, 2.05) is 0 Å². The molecule has 4 N–H and O–H groups in total. The molecule has 0 fully saturated rings. The molecule has 4 rings (SSSR count). The molecule has 1 aromatic heterocycles. The van der Waals surface area contributed by atoms with E-state index in [1.54, 1.807) is 6.92 Å². The third kappa shape index (κ3) is 3.55. The Hall–Kier alpha value is -2.59. The fraction of sp³-hybridized carbons (Fsp3) is 0.318. The van der Waals surface area contributed by atoms with E-state index in [2.05, 4.69) is 26.2 Å². The van der Waals surface area contributed by atoms with Crippen LogP contribution in [-0.4, -0.2) is 27.0 Å². The molecule has 32 heavy (non-hydrogen) atoms. The molecule has 10 heteroatoms. The minimum Gasteiger partial charge on any atom is -0.508 e. The highest BCUT2D eigenvalue weighted by atomic mass is 79.9. The smallest absolute Gasteiger partial charge is 0.419 e. The van der Waals surface area contributed by atoms with Gasteiger partial charge in [-0.15, -0.1) is 0 Å². The molecule has 0 saturated heterocycles. The van der Waals surface area contributed by atoms with Crippen LogP contribution >= 0.6 is 15.9 Å². The minimum atomic E-state index is -5.00. The van der Waals surface area contributed by atoms with Crippen LogP contribution in [0.25, 0.3) is 10.9 Å². The van der Waals surface area contributed by atoms with Gasteiger partial charge in [0.05, 0.1) is 11.6 Å². The van der Waals surface area contributed by atoms with E-state index in [-0.39, 0.29) is 34.3 Å². The number of hydrogen-bond acceptors (Lipinski definition) is 4. The molecule has 0 amide bonds. The number of halogens is 5. The van der Waals surface area contributed by atoms with Crippen molar-refractivity contribution in [3.63, 3.8) is 0 Å². The first-order valence-corrected chi connectivity index (χ1v) is 10.6. The van der Waals surface area contributed by atoms with Gasteiger partial charge in [0, 0.05) is 27.2 Å². The molecule has 1 aliphatic rings. The van der Waals surface area contributed by atoms with Crippen molar-refractivity contribution < 1.29 is 27.8 Å². The number of aromatic nitrogens is 1. The van der Waals surface area contributed by atoms with Crippen molar-refractivity contribution in [3.05, 3.63) is 68.2 Å². The summed E-state index contributed by atoms with van der Waals surface area (Å²) in [4.78, 5) is 14.0. The third-order valence-electron chi connectivity index (χ3n) is 6.04. The zero-order chi connectivity index (χ0) is 23.4. The molecule has 0 spiro atoms. The number of H-pyrrole nitrogens is 1. The van der Waals surface area contributed by atoms with Crippen molar-refractivity contribution in [2.45, 2.75) is 43.5 Å². The lowest BCUT2D eigenvalue weighted by Gasteiger charge is -2.46. The van der Waals surface area contributed by atoms with Crippen molar-refractivity contribution in [2.24, 2.45) is 0 Å². The van der Waals surface area contributed by atoms with Gasteiger partial charge < -0.3 is 20.5 Å². The van der Waals surface area contributed by atoms with Crippen LogP contribution < -0.4 is 10.9 Å². The minimum absolute atomic E-state index is 0.0803. The van der Waals surface area contributed by atoms with Gasteiger partial charge in [0.25, 0.3) is 0 Å². The summed E-state index contributed by atoms with van der Waals surface area (Å²) < 4.78 is 57.3. The van der Waals surface area contributed by atoms with E-state index in [0.29, 0.717) is 10.0 Å². The number of pyridine rings is 1. The first-order chi connectivity index (χ1) is 15.0. The predicted molar refractivity (Wildman–Crippen MR) is 115 cm³/mol. The summed E-state index contributed by atoms with van der Waals surface area (Å²) in [6.45, 7) is 1.68. The summed E-state index contributed by atoms with van der Waals surface area (Å²) in [5.74, 6) is -1.65. The van der Waals surface area contributed by atoms with Gasteiger partial charge >= 0.3 is 6.18 Å². The molecule has 0 bridgehead atoms. The molecule has 0 radical (unpaired) electrons. The number of aliphatic hydroxyl groups is 1. The number of alkyl halides is 3. The molecule has 0 aliphatic heterocycles. The Bertz CT molecular complexity index is 1260. The van der Waals surface area contributed by atoms with E-state index >= 15 is 0 Å². The van der Waals surface area contributed by atoms with Crippen molar-refractivity contribution in [3.8, 4) is 5.75 Å². The molecular weight excluding hydrogens is 496 g/mol. The summed E-state index contributed by atoms with van der Waals surface area (Å²) in [6.07, 6.45) is -5.39. The maximum atomic E-state index is 14.2. The second-order valence-corrected chi connectivity index (χ2v) is 8.86. The van der Waals surface area contributed by atoms with Crippen LogP contribution in [0, 0.1) is 5.82 Å². The van der Waals surface area contributed by atoms with Gasteiger partial charge in [-0.3, -0.25) is 4.79 Å². The summed E-state index contributed by atoms with van der Waals surface area (Å²) in [5, 5.41) is 24.4. The first kappa shape index (κ1) is 22.6. The fourth-order valence-corrected chi connectivity index (χ4v) is 4.95. The van der Waals surface area contributed by atoms with Gasteiger partial charge in [-0.1, -0.05) is 22.9 Å². The monoisotopic (exact) mass is 514 g/mol. The number of hydrogen-bond donors (Lipinski definition) is 4. The van der Waals surface area contributed by atoms with E-state index in [1.165, 1.54) is 24.3 Å². The van der Waals surface area contributed by atoms with Crippen LogP contribution in [0.3, 0.4) is 0 Å². The average molecular weight is 515 g/mol. The zero-order valence-electron chi connectivity index (χ0n) is 16.7. The number of benzene rings is 2. The Morgan fingerprint density at radius 1 is 1.25 bits per heavy atom. The van der Waals surface area contributed by atoms with E-state index < -0.39 is 41.5 Å². The van der Waals surface area contributed by atoms with Crippen molar-refractivity contribution in [1.82, 2.24) is 4.98 Å². The zero-order valence-corrected chi connectivity index (χ0v) is 18.3. The van der Waals surface area contributed by atoms with Gasteiger partial charge in [-0.2, -0.15) is 13.2 Å². The summed E-state index contributed by atoms with van der Waals surface area (Å²) in [6, 6.07) is 5.81. The number of aromatic hydroxyl groups is 1. The average Bonchev–Trinajstić information content (AvgIpc) is 2.70. The maximum Gasteiger partial charge on any atom is 0.419 e. The topological polar surface area (TPSA) is 85.4 Å². The predicted octanol–water partition coefficient (Wildman–Crippen LogP) is 5.48. The summed E-state index contributed by atoms with van der Waals surface area (Å²) in [5.41, 5.74) is -3.42. The van der Waals surface area contributed by atoms with Gasteiger partial charge in [0.1, 0.15) is 11.6 Å². The molecule has 2 aromatic carbocycles. The standard InChI is InChI=1S/C22H19BrF4N2O3/c1-2-10-9-21(32,22(25,26)27)20(13-7-11(23)8-16(30)18(10)13)28-15-5-4-14(24)19-12(15)3-6-17(31)29-19/h3-8,10,20,28,30,32H,2,9H2,1H3,(H,29,31)/t10-,20+,21+/m1/s1. The Morgan fingerprint density at radius 2 is 1.97 bits per heavy atom. The van der Waals surface area contributed by atoms with Crippen molar-refractivity contribution in [1.29, 1.82) is 0 Å². The van der Waals surface area contributed by atoms with Crippen molar-refractivity contribution in [2.75, 3.05) is 5.32 Å². The molecular formula is C22H19BrF4N2O3. The van der Waals surface area contributed by atoms with E-state index in [4.69, 9.17) is 0 Å². The van der Waals surface area contributed by atoms with E-state index in [9.17, 15) is 32.6 Å². The van der Waals surface area contributed by atoms with Gasteiger partial charge in [-0.25, -0.2) is 4.39 Å². The lowest BCUT2D eigenvalue weighted by molar-refractivity contribution is -0.272. The quantitative estimate of drug-likeness (QED) is 0.348. The maximum absolute atomic E-state index is 14.2. The third-order valence-corrected chi connectivity index (χ3v) is 6.49. The lowest BCUT2D eigenvalue weighted by atomic mass is 9.69. The van der Waals surface area contributed by atoms with Crippen LogP contribution in [0.15, 0.2) is 45.7 Å². The highest BCUT2D eigenvalue weighted by Gasteiger charge is 2.62. The largest absolute Gasteiger partial charge is 0.508 e. The van der Waals surface area contributed by atoms with Crippen LogP contribution in [0.2, 0.25) is 0 Å². The van der Waals surface area contributed by atoms with Gasteiger partial charge in [0.15, 0.2) is 5.60 Å². The number of nitrogens with one attached hydrogen (secondary N) is 2. The second kappa shape index (κ2) is 7.77. The Morgan fingerprint density at radius 3 is 2.62 bits per heavy atom. The Labute approximate surface area is 188 Å². The number of fused-ring (bicyclic) bond motifs is 2. The molecule has 3 atom stereocenters.